The zero-order chi connectivity index (χ0) is 15.5. The van der Waals surface area contributed by atoms with E-state index in [1.807, 2.05) is 4.90 Å². The number of rotatable bonds is 2. The normalized spacial score (nSPS) is 20.4. The van der Waals surface area contributed by atoms with Crippen LogP contribution in [0.4, 0.5) is 5.69 Å². The molecule has 8 heteroatoms. The standard InChI is InChI=1S/C14H13N3O4S/c18-13-12(9-10-3-1-2-4-11(10)17(19)20)22-14(15-13)16-5-7-21-8-6-16/h1-4,9H,5-8H2. The first-order valence-electron chi connectivity index (χ1n) is 6.74. The van der Waals surface area contributed by atoms with E-state index in [0.717, 1.165) is 0 Å². The number of amidine groups is 1. The molecule has 22 heavy (non-hydrogen) atoms. The predicted molar refractivity (Wildman–Crippen MR) is 83.5 cm³/mol. The van der Waals surface area contributed by atoms with Gasteiger partial charge >= 0.3 is 0 Å². The lowest BCUT2D eigenvalue weighted by molar-refractivity contribution is -0.385. The van der Waals surface area contributed by atoms with Crippen molar-refractivity contribution in [2.45, 2.75) is 0 Å². The van der Waals surface area contributed by atoms with Crippen molar-refractivity contribution >= 4 is 34.6 Å². The van der Waals surface area contributed by atoms with Gasteiger partial charge in [0.25, 0.3) is 11.6 Å². The number of para-hydroxylation sites is 1. The molecular formula is C14H13N3O4S. The number of thioether (sulfide) groups is 1. The van der Waals surface area contributed by atoms with Crippen LogP contribution in [0.1, 0.15) is 5.56 Å². The van der Waals surface area contributed by atoms with Gasteiger partial charge in [0.05, 0.1) is 28.6 Å². The van der Waals surface area contributed by atoms with Gasteiger partial charge < -0.3 is 9.64 Å². The first-order chi connectivity index (χ1) is 10.6. The van der Waals surface area contributed by atoms with E-state index in [9.17, 15) is 14.9 Å². The molecule has 0 aliphatic carbocycles. The number of carbonyl (C=O) groups excluding carboxylic acids is 1. The Balaban J connectivity index is 1.82. The number of morpholine rings is 1. The van der Waals surface area contributed by atoms with Gasteiger partial charge in [-0.1, -0.05) is 12.1 Å². The van der Waals surface area contributed by atoms with Crippen LogP contribution in [0.5, 0.6) is 0 Å². The van der Waals surface area contributed by atoms with Gasteiger partial charge in [-0.2, -0.15) is 4.99 Å². The minimum atomic E-state index is -0.458. The number of ether oxygens (including phenoxy) is 1. The Bertz CT molecular complexity index is 680. The molecule has 2 aliphatic rings. The molecule has 114 valence electrons. The van der Waals surface area contributed by atoms with E-state index in [1.165, 1.54) is 23.9 Å². The van der Waals surface area contributed by atoms with Crippen molar-refractivity contribution in [3.05, 3.63) is 44.8 Å². The maximum atomic E-state index is 12.0. The minimum absolute atomic E-state index is 0.0248. The van der Waals surface area contributed by atoms with Gasteiger partial charge in [-0.25, -0.2) is 0 Å². The number of nitrogens with zero attached hydrogens (tertiary/aromatic N) is 3. The average molecular weight is 319 g/mol. The molecule has 2 heterocycles. The number of carbonyl (C=O) groups is 1. The second-order valence-electron chi connectivity index (χ2n) is 4.73. The summed E-state index contributed by atoms with van der Waals surface area (Å²) >= 11 is 1.25. The maximum Gasteiger partial charge on any atom is 0.286 e. The van der Waals surface area contributed by atoms with E-state index in [2.05, 4.69) is 4.99 Å². The van der Waals surface area contributed by atoms with Crippen LogP contribution in [0, 0.1) is 10.1 Å². The number of hydrogen-bond donors (Lipinski definition) is 0. The molecule has 1 aromatic rings. The molecule has 7 nitrogen and oxygen atoms in total. The minimum Gasteiger partial charge on any atom is -0.378 e. The average Bonchev–Trinajstić information content (AvgIpc) is 2.90. The summed E-state index contributed by atoms with van der Waals surface area (Å²) in [7, 11) is 0. The number of benzene rings is 1. The van der Waals surface area contributed by atoms with Crippen LogP contribution >= 0.6 is 11.8 Å². The quantitative estimate of drug-likeness (QED) is 0.470. The van der Waals surface area contributed by atoms with Crippen molar-refractivity contribution in [1.82, 2.24) is 4.90 Å². The van der Waals surface area contributed by atoms with Crippen LogP contribution < -0.4 is 0 Å². The Hall–Kier alpha value is -2.19. The summed E-state index contributed by atoms with van der Waals surface area (Å²) in [6.45, 7) is 2.60. The Morgan fingerprint density at radius 1 is 1.32 bits per heavy atom. The van der Waals surface area contributed by atoms with E-state index in [1.54, 1.807) is 18.2 Å². The number of aliphatic imine (C=N–C) groups is 1. The van der Waals surface area contributed by atoms with Crippen LogP contribution in [0.2, 0.25) is 0 Å². The van der Waals surface area contributed by atoms with Crippen LogP contribution in [-0.2, 0) is 9.53 Å². The van der Waals surface area contributed by atoms with Crippen molar-refractivity contribution in [3.8, 4) is 0 Å². The number of hydrogen-bond acceptors (Lipinski definition) is 6. The molecule has 0 radical (unpaired) electrons. The highest BCUT2D eigenvalue weighted by Crippen LogP contribution is 2.32. The molecule has 0 aromatic heterocycles. The molecule has 0 unspecified atom stereocenters. The predicted octanol–water partition coefficient (Wildman–Crippen LogP) is 1.90. The van der Waals surface area contributed by atoms with E-state index in [4.69, 9.17) is 4.74 Å². The monoisotopic (exact) mass is 319 g/mol. The molecule has 1 saturated heterocycles. The lowest BCUT2D eigenvalue weighted by atomic mass is 10.1. The Morgan fingerprint density at radius 2 is 2.05 bits per heavy atom. The summed E-state index contributed by atoms with van der Waals surface area (Å²) in [5.74, 6) is -0.357. The lowest BCUT2D eigenvalue weighted by Crippen LogP contribution is -2.38. The van der Waals surface area contributed by atoms with E-state index >= 15 is 0 Å². The summed E-state index contributed by atoms with van der Waals surface area (Å²) in [5, 5.41) is 11.7. The Kier molecular flexibility index (Phi) is 4.21. The zero-order valence-electron chi connectivity index (χ0n) is 11.6. The van der Waals surface area contributed by atoms with Crippen LogP contribution in [-0.4, -0.2) is 47.2 Å². The van der Waals surface area contributed by atoms with Crippen LogP contribution in [0.15, 0.2) is 34.2 Å². The summed E-state index contributed by atoms with van der Waals surface area (Å²) in [6.07, 6.45) is 1.53. The molecular weight excluding hydrogens is 306 g/mol. The SMILES string of the molecule is O=C1N=C(N2CCOCC2)SC1=Cc1ccccc1[N+](=O)[O-]. The number of nitro benzene ring substituents is 1. The molecule has 2 aliphatic heterocycles. The molecule has 0 N–H and O–H groups in total. The first kappa shape index (κ1) is 14.7. The third kappa shape index (κ3) is 3.02. The molecule has 0 spiro atoms. The van der Waals surface area contributed by atoms with Gasteiger partial charge in [0, 0.05) is 19.2 Å². The lowest BCUT2D eigenvalue weighted by Gasteiger charge is -2.27. The Morgan fingerprint density at radius 3 is 2.77 bits per heavy atom. The summed E-state index contributed by atoms with van der Waals surface area (Å²) in [5.41, 5.74) is 0.380. The topological polar surface area (TPSA) is 85.0 Å². The highest BCUT2D eigenvalue weighted by atomic mass is 32.2. The molecule has 0 bridgehead atoms. The first-order valence-corrected chi connectivity index (χ1v) is 7.55. The molecule has 1 aromatic carbocycles. The number of amides is 1. The fourth-order valence-electron chi connectivity index (χ4n) is 2.20. The largest absolute Gasteiger partial charge is 0.378 e. The Labute approximate surface area is 130 Å². The van der Waals surface area contributed by atoms with Crippen molar-refractivity contribution in [2.75, 3.05) is 26.3 Å². The van der Waals surface area contributed by atoms with Gasteiger partial charge in [0.15, 0.2) is 5.17 Å². The maximum absolute atomic E-state index is 12.0. The summed E-state index contributed by atoms with van der Waals surface area (Å²) < 4.78 is 5.27. The molecule has 1 fully saturated rings. The van der Waals surface area contributed by atoms with Crippen molar-refractivity contribution in [2.24, 2.45) is 4.99 Å². The van der Waals surface area contributed by atoms with Gasteiger partial charge in [0.1, 0.15) is 0 Å². The van der Waals surface area contributed by atoms with Gasteiger partial charge in [-0.15, -0.1) is 0 Å². The molecule has 0 saturated carbocycles. The molecule has 3 rings (SSSR count). The van der Waals surface area contributed by atoms with Crippen LogP contribution in [0.25, 0.3) is 6.08 Å². The highest BCUT2D eigenvalue weighted by Gasteiger charge is 2.27. The highest BCUT2D eigenvalue weighted by molar-refractivity contribution is 8.18. The van der Waals surface area contributed by atoms with Crippen molar-refractivity contribution < 1.29 is 14.5 Å². The molecule has 0 atom stereocenters. The fraction of sp³-hybridized carbons (Fsp3) is 0.286. The van der Waals surface area contributed by atoms with Gasteiger partial charge in [-0.05, 0) is 23.9 Å². The fourth-order valence-corrected chi connectivity index (χ4v) is 3.16. The van der Waals surface area contributed by atoms with E-state index < -0.39 is 4.92 Å². The van der Waals surface area contributed by atoms with Crippen molar-refractivity contribution in [3.63, 3.8) is 0 Å². The van der Waals surface area contributed by atoms with E-state index in [-0.39, 0.29) is 11.6 Å². The zero-order valence-corrected chi connectivity index (χ0v) is 12.4. The smallest absolute Gasteiger partial charge is 0.286 e. The third-order valence-corrected chi connectivity index (χ3v) is 4.36. The second-order valence-corrected chi connectivity index (χ2v) is 5.73. The van der Waals surface area contributed by atoms with E-state index in [0.29, 0.717) is 41.9 Å². The van der Waals surface area contributed by atoms with Gasteiger partial charge in [0.2, 0.25) is 0 Å². The second kappa shape index (κ2) is 6.29. The number of nitro groups is 1. The third-order valence-electron chi connectivity index (χ3n) is 3.31. The molecule has 1 amide bonds. The summed E-state index contributed by atoms with van der Waals surface area (Å²) in [4.78, 5) is 29.0. The van der Waals surface area contributed by atoms with Crippen molar-refractivity contribution in [1.29, 1.82) is 0 Å². The van der Waals surface area contributed by atoms with Crippen LogP contribution in [0.3, 0.4) is 0 Å². The van der Waals surface area contributed by atoms with Gasteiger partial charge in [-0.3, -0.25) is 14.9 Å². The summed E-state index contributed by atoms with van der Waals surface area (Å²) in [6, 6.07) is 6.33.